The van der Waals surface area contributed by atoms with E-state index >= 15 is 0 Å². The number of esters is 1. The number of benzene rings is 1. The molecule has 0 aliphatic rings. The largest absolute Gasteiger partial charge is 0.462 e. The average Bonchev–Trinajstić information content (AvgIpc) is 2.91. The average molecular weight is 365 g/mol. The van der Waals surface area contributed by atoms with Crippen molar-refractivity contribution in [3.05, 3.63) is 40.3 Å². The summed E-state index contributed by atoms with van der Waals surface area (Å²) in [6.45, 7) is 2.06. The number of rotatable bonds is 4. The van der Waals surface area contributed by atoms with Crippen molar-refractivity contribution in [3.8, 4) is 11.3 Å². The highest BCUT2D eigenvalue weighted by Crippen LogP contribution is 2.40. The maximum atomic E-state index is 13.2. The number of hydrogen-bond acceptors (Lipinski definition) is 4. The first-order chi connectivity index (χ1) is 11.1. The number of carbonyl (C=O) groups excluding carboxylic acids is 1. The SMILES string of the molecule is CCOC(=O)c1c(-c2ccc(C(C)(F)F)cc2)nsc1C(F)(F)F. The molecule has 1 heterocycles. The van der Waals surface area contributed by atoms with Crippen LogP contribution in [0.4, 0.5) is 22.0 Å². The van der Waals surface area contributed by atoms with E-state index in [0.717, 1.165) is 12.1 Å². The molecular weight excluding hydrogens is 353 g/mol. The zero-order valence-corrected chi connectivity index (χ0v) is 13.4. The Labute approximate surface area is 138 Å². The van der Waals surface area contributed by atoms with Crippen molar-refractivity contribution in [2.45, 2.75) is 25.9 Å². The van der Waals surface area contributed by atoms with Crippen LogP contribution in [-0.4, -0.2) is 16.9 Å². The van der Waals surface area contributed by atoms with Gasteiger partial charge < -0.3 is 4.74 Å². The molecule has 0 bridgehead atoms. The van der Waals surface area contributed by atoms with Gasteiger partial charge in [0, 0.05) is 18.1 Å². The van der Waals surface area contributed by atoms with E-state index in [0.29, 0.717) is 6.92 Å². The minimum Gasteiger partial charge on any atom is -0.462 e. The summed E-state index contributed by atoms with van der Waals surface area (Å²) in [7, 11) is 0. The Kier molecular flexibility index (Phi) is 4.93. The molecule has 0 atom stereocenters. The van der Waals surface area contributed by atoms with Gasteiger partial charge in [0.05, 0.1) is 12.3 Å². The molecule has 2 rings (SSSR count). The molecule has 0 amide bonds. The standard InChI is InChI=1S/C15H12F5NO2S/c1-3-23-13(22)10-11(21-24-12(10)15(18,19)20)8-4-6-9(7-5-8)14(2,16)17/h4-7H,3H2,1-2H3. The van der Waals surface area contributed by atoms with Crippen molar-refractivity contribution in [1.29, 1.82) is 0 Å². The lowest BCUT2D eigenvalue weighted by molar-refractivity contribution is -0.134. The molecule has 0 aliphatic heterocycles. The lowest BCUT2D eigenvalue weighted by atomic mass is 10.0. The monoisotopic (exact) mass is 365 g/mol. The quantitative estimate of drug-likeness (QED) is 0.558. The van der Waals surface area contributed by atoms with E-state index in [4.69, 9.17) is 0 Å². The van der Waals surface area contributed by atoms with Gasteiger partial charge in [-0.15, -0.1) is 0 Å². The van der Waals surface area contributed by atoms with Crippen LogP contribution in [-0.2, 0) is 16.8 Å². The zero-order valence-electron chi connectivity index (χ0n) is 12.6. The van der Waals surface area contributed by atoms with Gasteiger partial charge in [0.1, 0.15) is 10.4 Å². The summed E-state index contributed by atoms with van der Waals surface area (Å²) in [5, 5.41) is 0. The minimum atomic E-state index is -4.77. The molecule has 2 aromatic rings. The van der Waals surface area contributed by atoms with E-state index < -0.39 is 28.5 Å². The Morgan fingerprint density at radius 1 is 1.17 bits per heavy atom. The van der Waals surface area contributed by atoms with Crippen molar-refractivity contribution in [1.82, 2.24) is 4.37 Å². The first-order valence-electron chi connectivity index (χ1n) is 6.78. The van der Waals surface area contributed by atoms with Crippen LogP contribution in [0.1, 0.15) is 34.6 Å². The minimum absolute atomic E-state index is 0.105. The molecule has 1 aromatic heterocycles. The molecule has 0 radical (unpaired) electrons. The molecule has 0 aliphatic carbocycles. The van der Waals surface area contributed by atoms with Crippen LogP contribution >= 0.6 is 11.5 Å². The van der Waals surface area contributed by atoms with Crippen LogP contribution in [0, 0.1) is 0 Å². The molecule has 130 valence electrons. The lowest BCUT2D eigenvalue weighted by Crippen LogP contribution is -2.13. The van der Waals surface area contributed by atoms with Gasteiger partial charge in [-0.1, -0.05) is 24.3 Å². The first-order valence-corrected chi connectivity index (χ1v) is 7.55. The lowest BCUT2D eigenvalue weighted by Gasteiger charge is -2.11. The fourth-order valence-corrected chi connectivity index (χ4v) is 2.75. The van der Waals surface area contributed by atoms with Crippen LogP contribution in [0.5, 0.6) is 0 Å². The fraction of sp³-hybridized carbons (Fsp3) is 0.333. The second-order valence-corrected chi connectivity index (χ2v) is 5.69. The number of ether oxygens (including phenoxy) is 1. The van der Waals surface area contributed by atoms with Crippen LogP contribution in [0.15, 0.2) is 24.3 Å². The number of aromatic nitrogens is 1. The van der Waals surface area contributed by atoms with Crippen molar-refractivity contribution in [2.24, 2.45) is 0 Å². The predicted octanol–water partition coefficient (Wildman–Crippen LogP) is 5.12. The normalized spacial score (nSPS) is 12.3. The summed E-state index contributed by atoms with van der Waals surface area (Å²) in [5.41, 5.74) is -1.12. The third kappa shape index (κ3) is 3.72. The van der Waals surface area contributed by atoms with Gasteiger partial charge >= 0.3 is 12.1 Å². The summed E-state index contributed by atoms with van der Waals surface area (Å²) in [4.78, 5) is 10.7. The van der Waals surface area contributed by atoms with Crippen LogP contribution in [0.25, 0.3) is 11.3 Å². The Bertz CT molecular complexity index is 732. The zero-order chi connectivity index (χ0) is 18.1. The first kappa shape index (κ1) is 18.3. The molecule has 0 saturated heterocycles. The Balaban J connectivity index is 2.54. The number of carbonyl (C=O) groups is 1. The topological polar surface area (TPSA) is 39.2 Å². The predicted molar refractivity (Wildman–Crippen MR) is 78.1 cm³/mol. The van der Waals surface area contributed by atoms with Crippen LogP contribution < -0.4 is 0 Å². The van der Waals surface area contributed by atoms with Gasteiger partial charge in [0.25, 0.3) is 5.92 Å². The summed E-state index contributed by atoms with van der Waals surface area (Å²) >= 11 is 0.118. The van der Waals surface area contributed by atoms with Gasteiger partial charge in [-0.3, -0.25) is 0 Å². The van der Waals surface area contributed by atoms with E-state index in [1.807, 2.05) is 0 Å². The highest BCUT2D eigenvalue weighted by molar-refractivity contribution is 7.06. The van der Waals surface area contributed by atoms with E-state index in [9.17, 15) is 26.7 Å². The highest BCUT2D eigenvalue weighted by atomic mass is 32.1. The Hall–Kier alpha value is -2.03. The third-order valence-electron chi connectivity index (χ3n) is 3.09. The van der Waals surface area contributed by atoms with E-state index in [2.05, 4.69) is 9.11 Å². The third-order valence-corrected chi connectivity index (χ3v) is 3.99. The molecule has 0 spiro atoms. The van der Waals surface area contributed by atoms with E-state index in [1.165, 1.54) is 19.1 Å². The molecule has 3 nitrogen and oxygen atoms in total. The molecule has 0 N–H and O–H groups in total. The van der Waals surface area contributed by atoms with Gasteiger partial charge in [-0.2, -0.15) is 17.5 Å². The van der Waals surface area contributed by atoms with Gasteiger partial charge in [0.15, 0.2) is 0 Å². The van der Waals surface area contributed by atoms with Crippen molar-refractivity contribution >= 4 is 17.5 Å². The number of alkyl halides is 5. The molecular formula is C15H12F5NO2S. The highest BCUT2D eigenvalue weighted by Gasteiger charge is 2.40. The smallest absolute Gasteiger partial charge is 0.428 e. The molecule has 0 fully saturated rings. The van der Waals surface area contributed by atoms with Gasteiger partial charge in [-0.25, -0.2) is 13.6 Å². The van der Waals surface area contributed by atoms with Crippen molar-refractivity contribution in [3.63, 3.8) is 0 Å². The Morgan fingerprint density at radius 2 is 1.75 bits per heavy atom. The Morgan fingerprint density at radius 3 is 2.21 bits per heavy atom. The molecule has 1 aromatic carbocycles. The molecule has 24 heavy (non-hydrogen) atoms. The summed E-state index contributed by atoms with van der Waals surface area (Å²) in [5.74, 6) is -4.24. The van der Waals surface area contributed by atoms with Crippen molar-refractivity contribution < 1.29 is 31.5 Å². The molecule has 0 unspecified atom stereocenters. The number of hydrogen-bond donors (Lipinski definition) is 0. The summed E-state index contributed by atoms with van der Waals surface area (Å²) < 4.78 is 74.0. The second-order valence-electron chi connectivity index (χ2n) is 4.92. The summed E-state index contributed by atoms with van der Waals surface area (Å²) in [6.07, 6.45) is -4.77. The number of halogens is 5. The van der Waals surface area contributed by atoms with E-state index in [-0.39, 0.29) is 35.0 Å². The molecule has 0 saturated carbocycles. The van der Waals surface area contributed by atoms with Crippen molar-refractivity contribution in [2.75, 3.05) is 6.61 Å². The molecule has 9 heteroatoms. The fourth-order valence-electron chi connectivity index (χ4n) is 1.99. The maximum absolute atomic E-state index is 13.2. The number of nitrogens with zero attached hydrogens (tertiary/aromatic N) is 1. The second kappa shape index (κ2) is 6.46. The van der Waals surface area contributed by atoms with Crippen LogP contribution in [0.2, 0.25) is 0 Å². The van der Waals surface area contributed by atoms with Crippen LogP contribution in [0.3, 0.4) is 0 Å². The van der Waals surface area contributed by atoms with Gasteiger partial charge in [0.2, 0.25) is 0 Å². The maximum Gasteiger partial charge on any atom is 0.428 e. The van der Waals surface area contributed by atoms with Gasteiger partial charge in [-0.05, 0) is 18.5 Å². The summed E-state index contributed by atoms with van der Waals surface area (Å²) in [6, 6.07) is 4.56. The van der Waals surface area contributed by atoms with E-state index in [1.54, 1.807) is 0 Å².